The monoisotopic (exact) mass is 195 g/mol. The minimum atomic E-state index is -0.925. The van der Waals surface area contributed by atoms with E-state index in [4.69, 9.17) is 9.63 Å². The first-order chi connectivity index (χ1) is 6.70. The molecule has 0 saturated heterocycles. The average Bonchev–Trinajstić information content (AvgIpc) is 2.70. The summed E-state index contributed by atoms with van der Waals surface area (Å²) in [5.74, 6) is -0.219. The number of rotatable bonds is 2. The van der Waals surface area contributed by atoms with Crippen LogP contribution < -0.4 is 0 Å². The van der Waals surface area contributed by atoms with Crippen LogP contribution >= 0.6 is 0 Å². The van der Waals surface area contributed by atoms with Crippen molar-refractivity contribution in [1.82, 2.24) is 5.16 Å². The van der Waals surface area contributed by atoms with Gasteiger partial charge in [-0.05, 0) is 19.8 Å². The van der Waals surface area contributed by atoms with Gasteiger partial charge in [-0.1, -0.05) is 18.0 Å². The minimum Gasteiger partial charge on any atom is -0.477 e. The van der Waals surface area contributed by atoms with Gasteiger partial charge in [0.2, 0.25) is 0 Å². The molecule has 14 heavy (non-hydrogen) atoms. The fraction of sp³-hybridized carbons (Fsp3) is 0.600. The molecule has 1 aromatic heterocycles. The van der Waals surface area contributed by atoms with Gasteiger partial charge in [0.25, 0.3) is 0 Å². The number of hydrogen-bond donors (Lipinski definition) is 1. The summed E-state index contributed by atoms with van der Waals surface area (Å²) in [6.45, 7) is 1.65. The van der Waals surface area contributed by atoms with E-state index in [1.165, 1.54) is 0 Å². The van der Waals surface area contributed by atoms with Crippen molar-refractivity contribution in [2.45, 2.75) is 38.5 Å². The molecular formula is C10H13NO3. The van der Waals surface area contributed by atoms with Crippen molar-refractivity contribution in [2.75, 3.05) is 0 Å². The zero-order chi connectivity index (χ0) is 10.1. The highest BCUT2D eigenvalue weighted by molar-refractivity contribution is 5.90. The zero-order valence-corrected chi connectivity index (χ0v) is 8.12. The third kappa shape index (κ3) is 1.41. The van der Waals surface area contributed by atoms with E-state index in [0.717, 1.165) is 25.7 Å². The Morgan fingerprint density at radius 1 is 1.50 bits per heavy atom. The highest BCUT2D eigenvalue weighted by atomic mass is 16.5. The predicted octanol–water partition coefficient (Wildman–Crippen LogP) is 2.34. The van der Waals surface area contributed by atoms with Crippen molar-refractivity contribution in [2.24, 2.45) is 0 Å². The second-order valence-corrected chi connectivity index (χ2v) is 3.79. The van der Waals surface area contributed by atoms with Crippen LogP contribution in [0.3, 0.4) is 0 Å². The number of aryl methyl sites for hydroxylation is 1. The summed E-state index contributed by atoms with van der Waals surface area (Å²) in [5, 5.41) is 12.9. The summed E-state index contributed by atoms with van der Waals surface area (Å²) < 4.78 is 4.94. The number of nitrogens with zero attached hydrogens (tertiary/aromatic N) is 1. The van der Waals surface area contributed by atoms with Gasteiger partial charge >= 0.3 is 5.97 Å². The Balaban J connectivity index is 2.37. The van der Waals surface area contributed by atoms with Gasteiger partial charge in [-0.2, -0.15) is 0 Å². The van der Waals surface area contributed by atoms with E-state index in [1.54, 1.807) is 6.92 Å². The van der Waals surface area contributed by atoms with Crippen molar-refractivity contribution in [3.63, 3.8) is 0 Å². The largest absolute Gasteiger partial charge is 0.477 e. The summed E-state index contributed by atoms with van der Waals surface area (Å²) in [4.78, 5) is 11.0. The van der Waals surface area contributed by atoms with Gasteiger partial charge in [0.15, 0.2) is 0 Å². The maximum atomic E-state index is 11.0. The van der Waals surface area contributed by atoms with E-state index < -0.39 is 5.97 Å². The molecule has 0 radical (unpaired) electrons. The molecule has 1 fully saturated rings. The Morgan fingerprint density at radius 3 is 2.71 bits per heavy atom. The molecule has 0 aliphatic heterocycles. The van der Waals surface area contributed by atoms with Gasteiger partial charge in [-0.3, -0.25) is 0 Å². The van der Waals surface area contributed by atoms with Crippen LogP contribution in [0.2, 0.25) is 0 Å². The molecule has 0 bridgehead atoms. The molecule has 0 spiro atoms. The van der Waals surface area contributed by atoms with Crippen LogP contribution in [0, 0.1) is 6.92 Å². The zero-order valence-electron chi connectivity index (χ0n) is 8.12. The van der Waals surface area contributed by atoms with E-state index in [2.05, 4.69) is 5.16 Å². The summed E-state index contributed by atoms with van der Waals surface area (Å²) in [6.07, 6.45) is 4.39. The molecule has 0 aromatic carbocycles. The summed E-state index contributed by atoms with van der Waals surface area (Å²) in [7, 11) is 0. The third-order valence-corrected chi connectivity index (χ3v) is 2.84. The van der Waals surface area contributed by atoms with Gasteiger partial charge in [0, 0.05) is 5.92 Å². The van der Waals surface area contributed by atoms with Gasteiger partial charge in [-0.15, -0.1) is 0 Å². The molecule has 1 heterocycles. The minimum absolute atomic E-state index is 0.275. The van der Waals surface area contributed by atoms with Crippen LogP contribution in [0.25, 0.3) is 0 Å². The lowest BCUT2D eigenvalue weighted by Crippen LogP contribution is -2.04. The van der Waals surface area contributed by atoms with E-state index >= 15 is 0 Å². The summed E-state index contributed by atoms with van der Waals surface area (Å²) in [6, 6.07) is 0. The maximum Gasteiger partial charge on any atom is 0.341 e. The van der Waals surface area contributed by atoms with Crippen molar-refractivity contribution < 1.29 is 14.4 Å². The number of carbonyl (C=O) groups is 1. The van der Waals surface area contributed by atoms with E-state index in [1.807, 2.05) is 0 Å². The lowest BCUT2D eigenvalue weighted by Gasteiger charge is -2.04. The van der Waals surface area contributed by atoms with Gasteiger partial charge in [0.1, 0.15) is 17.0 Å². The number of hydrogen-bond acceptors (Lipinski definition) is 3. The summed E-state index contributed by atoms with van der Waals surface area (Å²) >= 11 is 0. The predicted molar refractivity (Wildman–Crippen MR) is 49.4 cm³/mol. The Morgan fingerprint density at radius 2 is 2.14 bits per heavy atom. The molecule has 1 N–H and O–H groups in total. The van der Waals surface area contributed by atoms with Crippen molar-refractivity contribution in [3.8, 4) is 0 Å². The van der Waals surface area contributed by atoms with E-state index in [0.29, 0.717) is 17.4 Å². The molecular weight excluding hydrogens is 182 g/mol. The standard InChI is InChI=1S/C10H13NO3/c1-6-8(10(12)13)9(11-14-6)7-4-2-3-5-7/h7H,2-5H2,1H3,(H,12,13). The number of aromatic nitrogens is 1. The molecule has 2 rings (SSSR count). The van der Waals surface area contributed by atoms with Gasteiger partial charge in [0.05, 0.1) is 0 Å². The first kappa shape index (κ1) is 9.24. The fourth-order valence-electron chi connectivity index (χ4n) is 2.13. The molecule has 1 aliphatic rings. The maximum absolute atomic E-state index is 11.0. The summed E-state index contributed by atoms with van der Waals surface area (Å²) in [5.41, 5.74) is 0.921. The van der Waals surface area contributed by atoms with Crippen molar-refractivity contribution >= 4 is 5.97 Å². The Labute approximate surface area is 81.9 Å². The highest BCUT2D eigenvalue weighted by Gasteiger charge is 2.28. The van der Waals surface area contributed by atoms with Gasteiger partial charge in [-0.25, -0.2) is 4.79 Å². The Hall–Kier alpha value is -1.32. The van der Waals surface area contributed by atoms with Gasteiger partial charge < -0.3 is 9.63 Å². The van der Waals surface area contributed by atoms with E-state index in [9.17, 15) is 4.79 Å². The van der Waals surface area contributed by atoms with Crippen LogP contribution in [-0.2, 0) is 0 Å². The van der Waals surface area contributed by atoms with Crippen LogP contribution in [0.15, 0.2) is 4.52 Å². The van der Waals surface area contributed by atoms with Crippen molar-refractivity contribution in [1.29, 1.82) is 0 Å². The lowest BCUT2D eigenvalue weighted by molar-refractivity contribution is 0.0693. The molecule has 4 heteroatoms. The molecule has 4 nitrogen and oxygen atoms in total. The first-order valence-electron chi connectivity index (χ1n) is 4.89. The first-order valence-corrected chi connectivity index (χ1v) is 4.89. The van der Waals surface area contributed by atoms with Crippen LogP contribution in [0.1, 0.15) is 53.4 Å². The Bertz CT molecular complexity index is 350. The van der Waals surface area contributed by atoms with Crippen LogP contribution in [0.5, 0.6) is 0 Å². The third-order valence-electron chi connectivity index (χ3n) is 2.84. The quantitative estimate of drug-likeness (QED) is 0.786. The molecule has 0 amide bonds. The lowest BCUT2D eigenvalue weighted by atomic mass is 9.99. The number of aromatic carboxylic acids is 1. The second-order valence-electron chi connectivity index (χ2n) is 3.79. The molecule has 76 valence electrons. The Kier molecular flexibility index (Phi) is 2.27. The van der Waals surface area contributed by atoms with Crippen LogP contribution in [0.4, 0.5) is 0 Å². The SMILES string of the molecule is Cc1onc(C2CCCC2)c1C(=O)O. The average molecular weight is 195 g/mol. The number of carboxylic acid groups (broad SMARTS) is 1. The fourth-order valence-corrected chi connectivity index (χ4v) is 2.13. The molecule has 0 atom stereocenters. The molecule has 1 saturated carbocycles. The molecule has 1 aliphatic carbocycles. The smallest absolute Gasteiger partial charge is 0.341 e. The second kappa shape index (κ2) is 3.44. The van der Waals surface area contributed by atoms with Crippen LogP contribution in [-0.4, -0.2) is 16.2 Å². The molecule has 1 aromatic rings. The highest BCUT2D eigenvalue weighted by Crippen LogP contribution is 2.35. The van der Waals surface area contributed by atoms with E-state index in [-0.39, 0.29) is 5.56 Å². The molecule has 0 unspecified atom stereocenters. The van der Waals surface area contributed by atoms with Crippen molar-refractivity contribution in [3.05, 3.63) is 17.0 Å². The topological polar surface area (TPSA) is 63.3 Å². The number of carboxylic acids is 1. The normalized spacial score (nSPS) is 17.5.